The highest BCUT2D eigenvalue weighted by atomic mass is 35.5. The Kier molecular flexibility index (Phi) is 7.91. The van der Waals surface area contributed by atoms with Crippen LogP contribution in [0.25, 0.3) is 0 Å². The number of benzene rings is 1. The average Bonchev–Trinajstić information content (AvgIpc) is 2.54. The van der Waals surface area contributed by atoms with E-state index in [9.17, 15) is 9.59 Å². The molecule has 6 heteroatoms. The number of esters is 1. The van der Waals surface area contributed by atoms with Crippen LogP contribution in [0, 0.1) is 5.92 Å². The standard InChI is InChI=1S/C16H22N2O3.ClH/c1-2-21-16(20)13-7-5-12(6-8-13)10-18-15(19)14-4-3-9-17-11-14;/h5-8,14,17H,2-4,9-11H2,1H3,(H,18,19);1H. The summed E-state index contributed by atoms with van der Waals surface area (Å²) in [5, 5.41) is 6.18. The van der Waals surface area contributed by atoms with E-state index < -0.39 is 0 Å². The number of piperidine rings is 1. The van der Waals surface area contributed by atoms with E-state index in [0.717, 1.165) is 31.5 Å². The molecule has 122 valence electrons. The molecular formula is C16H23ClN2O3. The number of carbonyl (C=O) groups is 2. The van der Waals surface area contributed by atoms with Crippen LogP contribution in [0.15, 0.2) is 24.3 Å². The van der Waals surface area contributed by atoms with Gasteiger partial charge >= 0.3 is 5.97 Å². The average molecular weight is 327 g/mol. The van der Waals surface area contributed by atoms with Crippen LogP contribution in [-0.4, -0.2) is 31.6 Å². The van der Waals surface area contributed by atoms with E-state index in [4.69, 9.17) is 4.74 Å². The number of hydrogen-bond donors (Lipinski definition) is 2. The van der Waals surface area contributed by atoms with Gasteiger partial charge < -0.3 is 15.4 Å². The first kappa shape index (κ1) is 18.5. The SMILES string of the molecule is CCOC(=O)c1ccc(CNC(=O)C2CCCNC2)cc1.Cl. The fourth-order valence-corrected chi connectivity index (χ4v) is 2.38. The van der Waals surface area contributed by atoms with E-state index in [-0.39, 0.29) is 30.2 Å². The molecule has 0 radical (unpaired) electrons. The maximum Gasteiger partial charge on any atom is 0.338 e. The zero-order valence-electron chi connectivity index (χ0n) is 12.8. The Morgan fingerprint density at radius 3 is 2.64 bits per heavy atom. The molecule has 5 nitrogen and oxygen atoms in total. The van der Waals surface area contributed by atoms with Crippen molar-refractivity contribution in [3.63, 3.8) is 0 Å². The molecule has 1 aliphatic heterocycles. The predicted octanol–water partition coefficient (Wildman–Crippen LogP) is 1.90. The second-order valence-corrected chi connectivity index (χ2v) is 5.18. The van der Waals surface area contributed by atoms with Gasteiger partial charge in [0.05, 0.1) is 18.1 Å². The summed E-state index contributed by atoms with van der Waals surface area (Å²) in [6.07, 6.45) is 1.99. The number of nitrogens with one attached hydrogen (secondary N) is 2. The van der Waals surface area contributed by atoms with Crippen molar-refractivity contribution < 1.29 is 14.3 Å². The minimum atomic E-state index is -0.318. The smallest absolute Gasteiger partial charge is 0.338 e. The van der Waals surface area contributed by atoms with Gasteiger partial charge in [0.15, 0.2) is 0 Å². The first-order valence-electron chi connectivity index (χ1n) is 7.45. The Balaban J connectivity index is 0.00000242. The molecule has 1 fully saturated rings. The van der Waals surface area contributed by atoms with Gasteiger partial charge in [0.25, 0.3) is 0 Å². The van der Waals surface area contributed by atoms with E-state index in [1.54, 1.807) is 19.1 Å². The number of hydrogen-bond acceptors (Lipinski definition) is 4. The number of amides is 1. The third kappa shape index (κ3) is 5.31. The first-order chi connectivity index (χ1) is 10.2. The number of rotatable bonds is 5. The van der Waals surface area contributed by atoms with Crippen molar-refractivity contribution in [3.8, 4) is 0 Å². The fraction of sp³-hybridized carbons (Fsp3) is 0.500. The van der Waals surface area contributed by atoms with E-state index in [0.29, 0.717) is 18.7 Å². The van der Waals surface area contributed by atoms with Crippen molar-refractivity contribution in [1.29, 1.82) is 0 Å². The molecule has 1 unspecified atom stereocenters. The van der Waals surface area contributed by atoms with Crippen LogP contribution >= 0.6 is 12.4 Å². The lowest BCUT2D eigenvalue weighted by molar-refractivity contribution is -0.125. The van der Waals surface area contributed by atoms with Gasteiger partial charge in [-0.3, -0.25) is 4.79 Å². The normalized spacial score (nSPS) is 17.2. The minimum absolute atomic E-state index is 0. The molecule has 22 heavy (non-hydrogen) atoms. The number of halogens is 1. The molecule has 1 atom stereocenters. The lowest BCUT2D eigenvalue weighted by Gasteiger charge is -2.21. The fourth-order valence-electron chi connectivity index (χ4n) is 2.38. The van der Waals surface area contributed by atoms with Crippen molar-refractivity contribution in [3.05, 3.63) is 35.4 Å². The van der Waals surface area contributed by atoms with Gasteiger partial charge in [-0.25, -0.2) is 4.79 Å². The van der Waals surface area contributed by atoms with Crippen LogP contribution in [0.2, 0.25) is 0 Å². The molecule has 1 aromatic carbocycles. The summed E-state index contributed by atoms with van der Waals surface area (Å²) < 4.78 is 4.93. The first-order valence-corrected chi connectivity index (χ1v) is 7.45. The quantitative estimate of drug-likeness (QED) is 0.811. The highest BCUT2D eigenvalue weighted by Crippen LogP contribution is 2.11. The molecular weight excluding hydrogens is 304 g/mol. The Bertz CT molecular complexity index is 485. The van der Waals surface area contributed by atoms with Crippen LogP contribution in [0.1, 0.15) is 35.7 Å². The van der Waals surface area contributed by atoms with Crippen LogP contribution in [0.5, 0.6) is 0 Å². The van der Waals surface area contributed by atoms with E-state index in [1.807, 2.05) is 12.1 Å². The Hall–Kier alpha value is -1.59. The molecule has 1 aromatic rings. The molecule has 0 bridgehead atoms. The van der Waals surface area contributed by atoms with Crippen molar-refractivity contribution in [2.24, 2.45) is 5.92 Å². The zero-order chi connectivity index (χ0) is 15.1. The summed E-state index contributed by atoms with van der Waals surface area (Å²) in [6.45, 7) is 4.39. The molecule has 0 spiro atoms. The van der Waals surface area contributed by atoms with E-state index >= 15 is 0 Å². The third-order valence-electron chi connectivity index (χ3n) is 3.60. The van der Waals surface area contributed by atoms with Crippen molar-refractivity contribution in [2.75, 3.05) is 19.7 Å². The lowest BCUT2D eigenvalue weighted by Crippen LogP contribution is -2.40. The predicted molar refractivity (Wildman–Crippen MR) is 87.1 cm³/mol. The van der Waals surface area contributed by atoms with Crippen LogP contribution in [0.3, 0.4) is 0 Å². The van der Waals surface area contributed by atoms with E-state index in [1.165, 1.54) is 0 Å². The number of ether oxygens (including phenoxy) is 1. The third-order valence-corrected chi connectivity index (χ3v) is 3.60. The maximum atomic E-state index is 12.0. The summed E-state index contributed by atoms with van der Waals surface area (Å²) in [5.74, 6) is -0.157. The summed E-state index contributed by atoms with van der Waals surface area (Å²) >= 11 is 0. The monoisotopic (exact) mass is 326 g/mol. The number of carbonyl (C=O) groups excluding carboxylic acids is 2. The summed E-state index contributed by atoms with van der Waals surface area (Å²) in [6, 6.07) is 7.13. The lowest BCUT2D eigenvalue weighted by atomic mass is 9.99. The maximum absolute atomic E-state index is 12.0. The zero-order valence-corrected chi connectivity index (χ0v) is 13.6. The molecule has 2 rings (SSSR count). The van der Waals surface area contributed by atoms with Crippen LogP contribution in [0.4, 0.5) is 0 Å². The summed E-state index contributed by atoms with van der Waals surface area (Å²) in [7, 11) is 0. The Morgan fingerprint density at radius 2 is 2.05 bits per heavy atom. The Morgan fingerprint density at radius 1 is 1.32 bits per heavy atom. The van der Waals surface area contributed by atoms with Crippen LogP contribution in [-0.2, 0) is 16.1 Å². The van der Waals surface area contributed by atoms with Crippen molar-refractivity contribution in [1.82, 2.24) is 10.6 Å². The molecule has 0 saturated carbocycles. The van der Waals surface area contributed by atoms with Crippen LogP contribution < -0.4 is 10.6 Å². The Labute approximate surface area is 137 Å². The van der Waals surface area contributed by atoms with E-state index in [2.05, 4.69) is 10.6 Å². The molecule has 0 aliphatic carbocycles. The highest BCUT2D eigenvalue weighted by molar-refractivity contribution is 5.89. The molecule has 1 heterocycles. The molecule has 1 saturated heterocycles. The van der Waals surface area contributed by atoms with Gasteiger partial charge in [0.1, 0.15) is 0 Å². The van der Waals surface area contributed by atoms with Gasteiger partial charge in [-0.1, -0.05) is 12.1 Å². The highest BCUT2D eigenvalue weighted by Gasteiger charge is 2.20. The molecule has 0 aromatic heterocycles. The molecule has 1 aliphatic rings. The molecule has 2 N–H and O–H groups in total. The van der Waals surface area contributed by atoms with Crippen molar-refractivity contribution in [2.45, 2.75) is 26.3 Å². The topological polar surface area (TPSA) is 67.4 Å². The largest absolute Gasteiger partial charge is 0.462 e. The second-order valence-electron chi connectivity index (χ2n) is 5.18. The summed E-state index contributed by atoms with van der Waals surface area (Å²) in [4.78, 5) is 23.5. The molecule has 1 amide bonds. The van der Waals surface area contributed by atoms with Gasteiger partial charge in [0, 0.05) is 13.1 Å². The minimum Gasteiger partial charge on any atom is -0.462 e. The van der Waals surface area contributed by atoms with Gasteiger partial charge in [-0.15, -0.1) is 12.4 Å². The summed E-state index contributed by atoms with van der Waals surface area (Å²) in [5.41, 5.74) is 1.50. The van der Waals surface area contributed by atoms with Crippen molar-refractivity contribution >= 4 is 24.3 Å². The second kappa shape index (κ2) is 9.43. The van der Waals surface area contributed by atoms with Gasteiger partial charge in [0.2, 0.25) is 5.91 Å². The van der Waals surface area contributed by atoms with Gasteiger partial charge in [-0.05, 0) is 44.0 Å². The van der Waals surface area contributed by atoms with Gasteiger partial charge in [-0.2, -0.15) is 0 Å².